The molecule has 0 atom stereocenters. The van der Waals surface area contributed by atoms with Gasteiger partial charge in [0, 0.05) is 5.56 Å². The SMILES string of the molecule is CCCCCCCCCCCCc1cccc(/C(N)=N/O)c1. The fraction of sp³-hybridized carbons (Fsp3) is 0.632. The summed E-state index contributed by atoms with van der Waals surface area (Å²) in [4.78, 5) is 0. The lowest BCUT2D eigenvalue weighted by Crippen LogP contribution is -2.13. The molecule has 3 nitrogen and oxygen atoms in total. The molecule has 0 aliphatic carbocycles. The molecule has 0 heterocycles. The minimum Gasteiger partial charge on any atom is -0.409 e. The molecule has 124 valence electrons. The maximum Gasteiger partial charge on any atom is 0.170 e. The van der Waals surface area contributed by atoms with Crippen molar-refractivity contribution in [3.63, 3.8) is 0 Å². The summed E-state index contributed by atoms with van der Waals surface area (Å²) < 4.78 is 0. The Labute approximate surface area is 135 Å². The fourth-order valence-electron chi connectivity index (χ4n) is 2.76. The summed E-state index contributed by atoms with van der Waals surface area (Å²) in [5.74, 6) is 0.185. The number of amidine groups is 1. The van der Waals surface area contributed by atoms with Gasteiger partial charge in [-0.05, 0) is 24.5 Å². The largest absolute Gasteiger partial charge is 0.409 e. The molecule has 1 aromatic rings. The van der Waals surface area contributed by atoms with E-state index in [1.807, 2.05) is 18.2 Å². The van der Waals surface area contributed by atoms with Crippen LogP contribution in [0.25, 0.3) is 0 Å². The third-order valence-corrected chi connectivity index (χ3v) is 4.15. The van der Waals surface area contributed by atoms with Gasteiger partial charge in [0.05, 0.1) is 0 Å². The van der Waals surface area contributed by atoms with Crippen LogP contribution in [0.4, 0.5) is 0 Å². The number of oxime groups is 1. The van der Waals surface area contributed by atoms with Crippen molar-refractivity contribution in [1.82, 2.24) is 0 Å². The maximum absolute atomic E-state index is 8.71. The summed E-state index contributed by atoms with van der Waals surface area (Å²) in [7, 11) is 0. The molecule has 22 heavy (non-hydrogen) atoms. The third kappa shape index (κ3) is 8.06. The molecule has 0 bridgehead atoms. The van der Waals surface area contributed by atoms with Gasteiger partial charge < -0.3 is 10.9 Å². The molecule has 0 spiro atoms. The minimum atomic E-state index is 0.185. The average molecular weight is 304 g/mol. The van der Waals surface area contributed by atoms with Crippen molar-refractivity contribution in [2.45, 2.75) is 77.6 Å². The molecule has 0 aromatic heterocycles. The second-order valence-electron chi connectivity index (χ2n) is 6.12. The molecule has 0 saturated heterocycles. The van der Waals surface area contributed by atoms with Crippen LogP contribution in [-0.2, 0) is 6.42 Å². The van der Waals surface area contributed by atoms with E-state index in [1.165, 1.54) is 69.8 Å². The van der Waals surface area contributed by atoms with Crippen LogP contribution >= 0.6 is 0 Å². The Hall–Kier alpha value is -1.51. The number of hydrogen-bond donors (Lipinski definition) is 2. The second-order valence-corrected chi connectivity index (χ2v) is 6.12. The number of benzene rings is 1. The summed E-state index contributed by atoms with van der Waals surface area (Å²) >= 11 is 0. The molecule has 1 rings (SSSR count). The molecular formula is C19H32N2O. The second kappa shape index (κ2) is 12.1. The minimum absolute atomic E-state index is 0.185. The van der Waals surface area contributed by atoms with Crippen LogP contribution in [-0.4, -0.2) is 11.0 Å². The highest BCUT2D eigenvalue weighted by molar-refractivity contribution is 5.97. The molecule has 0 radical (unpaired) electrons. The summed E-state index contributed by atoms with van der Waals surface area (Å²) in [5.41, 5.74) is 7.68. The Bertz CT molecular complexity index is 429. The molecule has 0 unspecified atom stereocenters. The number of nitrogens with zero attached hydrogens (tertiary/aromatic N) is 1. The van der Waals surface area contributed by atoms with Gasteiger partial charge in [-0.1, -0.05) is 88.1 Å². The molecular weight excluding hydrogens is 272 g/mol. The van der Waals surface area contributed by atoms with Gasteiger partial charge in [0.2, 0.25) is 0 Å². The van der Waals surface area contributed by atoms with E-state index in [0.717, 1.165) is 12.0 Å². The van der Waals surface area contributed by atoms with E-state index in [1.54, 1.807) is 0 Å². The molecule has 0 amide bonds. The smallest absolute Gasteiger partial charge is 0.170 e. The van der Waals surface area contributed by atoms with Crippen LogP contribution in [0.2, 0.25) is 0 Å². The zero-order valence-corrected chi connectivity index (χ0v) is 14.1. The summed E-state index contributed by atoms with van der Waals surface area (Å²) in [5, 5.41) is 11.8. The van der Waals surface area contributed by atoms with Crippen LogP contribution in [0, 0.1) is 0 Å². The van der Waals surface area contributed by atoms with Gasteiger partial charge >= 0.3 is 0 Å². The summed E-state index contributed by atoms with van der Waals surface area (Å²) in [6.07, 6.45) is 14.6. The highest BCUT2D eigenvalue weighted by atomic mass is 16.4. The van der Waals surface area contributed by atoms with Crippen LogP contribution in [0.15, 0.2) is 29.4 Å². The van der Waals surface area contributed by atoms with Crippen LogP contribution in [0.3, 0.4) is 0 Å². The highest BCUT2D eigenvalue weighted by Crippen LogP contribution is 2.13. The van der Waals surface area contributed by atoms with Crippen molar-refractivity contribution in [3.8, 4) is 0 Å². The first-order valence-corrected chi connectivity index (χ1v) is 8.84. The van der Waals surface area contributed by atoms with E-state index in [2.05, 4.69) is 18.1 Å². The van der Waals surface area contributed by atoms with Crippen LogP contribution < -0.4 is 5.73 Å². The molecule has 0 aliphatic heterocycles. The molecule has 1 aromatic carbocycles. The number of unbranched alkanes of at least 4 members (excludes halogenated alkanes) is 9. The van der Waals surface area contributed by atoms with E-state index >= 15 is 0 Å². The van der Waals surface area contributed by atoms with E-state index in [0.29, 0.717) is 0 Å². The van der Waals surface area contributed by atoms with Crippen molar-refractivity contribution in [3.05, 3.63) is 35.4 Å². The van der Waals surface area contributed by atoms with E-state index in [9.17, 15) is 0 Å². The first kappa shape index (κ1) is 18.5. The predicted molar refractivity (Wildman–Crippen MR) is 94.5 cm³/mol. The normalized spacial score (nSPS) is 11.8. The molecule has 0 aliphatic rings. The lowest BCUT2D eigenvalue weighted by Gasteiger charge is -2.05. The van der Waals surface area contributed by atoms with E-state index < -0.39 is 0 Å². The Morgan fingerprint density at radius 2 is 1.55 bits per heavy atom. The standard InChI is InChI=1S/C19H32N2O/c1-2-3-4-5-6-7-8-9-10-11-13-17-14-12-15-18(16-17)19(20)21-22/h12,14-16,22H,2-11,13H2,1H3,(H2,20,21). The number of hydrogen-bond acceptors (Lipinski definition) is 2. The Kier molecular flexibility index (Phi) is 10.2. The van der Waals surface area contributed by atoms with Gasteiger partial charge in [-0.15, -0.1) is 0 Å². The van der Waals surface area contributed by atoms with Crippen molar-refractivity contribution >= 4 is 5.84 Å². The first-order chi connectivity index (χ1) is 10.8. The first-order valence-electron chi connectivity index (χ1n) is 8.84. The van der Waals surface area contributed by atoms with Crippen molar-refractivity contribution < 1.29 is 5.21 Å². The Morgan fingerprint density at radius 3 is 2.14 bits per heavy atom. The van der Waals surface area contributed by atoms with Crippen molar-refractivity contribution in [1.29, 1.82) is 0 Å². The average Bonchev–Trinajstić information content (AvgIpc) is 2.56. The van der Waals surface area contributed by atoms with Gasteiger partial charge in [-0.2, -0.15) is 0 Å². The van der Waals surface area contributed by atoms with Gasteiger partial charge in [0.25, 0.3) is 0 Å². The fourth-order valence-corrected chi connectivity index (χ4v) is 2.76. The molecule has 3 N–H and O–H groups in total. The third-order valence-electron chi connectivity index (χ3n) is 4.15. The lowest BCUT2D eigenvalue weighted by atomic mass is 10.0. The van der Waals surface area contributed by atoms with Crippen LogP contribution in [0.1, 0.15) is 82.3 Å². The Balaban J connectivity index is 2.07. The number of rotatable bonds is 12. The van der Waals surface area contributed by atoms with E-state index in [4.69, 9.17) is 10.9 Å². The van der Waals surface area contributed by atoms with Gasteiger partial charge in [-0.3, -0.25) is 0 Å². The topological polar surface area (TPSA) is 58.6 Å². The predicted octanol–water partition coefficient (Wildman–Crippen LogP) is 5.24. The number of aryl methyl sites for hydroxylation is 1. The number of nitrogens with two attached hydrogens (primary N) is 1. The summed E-state index contributed by atoms with van der Waals surface area (Å²) in [6, 6.07) is 7.97. The Morgan fingerprint density at radius 1 is 0.955 bits per heavy atom. The van der Waals surface area contributed by atoms with Gasteiger partial charge in [-0.25, -0.2) is 0 Å². The zero-order chi connectivity index (χ0) is 16.0. The highest BCUT2D eigenvalue weighted by Gasteiger charge is 2.00. The van der Waals surface area contributed by atoms with E-state index in [-0.39, 0.29) is 5.84 Å². The van der Waals surface area contributed by atoms with Crippen molar-refractivity contribution in [2.75, 3.05) is 0 Å². The molecule has 0 saturated carbocycles. The monoisotopic (exact) mass is 304 g/mol. The van der Waals surface area contributed by atoms with Gasteiger partial charge in [0.1, 0.15) is 0 Å². The quantitative estimate of drug-likeness (QED) is 0.182. The molecule has 3 heteroatoms. The van der Waals surface area contributed by atoms with Crippen LogP contribution in [0.5, 0.6) is 0 Å². The zero-order valence-electron chi connectivity index (χ0n) is 14.1. The molecule has 0 fully saturated rings. The van der Waals surface area contributed by atoms with Crippen molar-refractivity contribution in [2.24, 2.45) is 10.9 Å². The van der Waals surface area contributed by atoms with Gasteiger partial charge in [0.15, 0.2) is 5.84 Å². The maximum atomic E-state index is 8.71. The lowest BCUT2D eigenvalue weighted by molar-refractivity contribution is 0.318. The summed E-state index contributed by atoms with van der Waals surface area (Å²) in [6.45, 7) is 2.26.